The van der Waals surface area contributed by atoms with E-state index in [2.05, 4.69) is 4.98 Å². The number of aromatic nitrogens is 1. The second-order valence-electron chi connectivity index (χ2n) is 7.33. The second kappa shape index (κ2) is 8.91. The number of halogens is 3. The van der Waals surface area contributed by atoms with Crippen LogP contribution >= 0.6 is 0 Å². The van der Waals surface area contributed by atoms with Crippen LogP contribution in [0, 0.1) is 5.92 Å². The number of carbonyl (C=O) groups is 1. The molecule has 150 valence electrons. The van der Waals surface area contributed by atoms with Gasteiger partial charge in [-0.3, -0.25) is 4.79 Å². The van der Waals surface area contributed by atoms with Crippen molar-refractivity contribution in [1.29, 1.82) is 0 Å². The Kier molecular flexibility index (Phi) is 6.57. The molecule has 0 aromatic carbocycles. The van der Waals surface area contributed by atoms with Crippen molar-refractivity contribution in [2.24, 2.45) is 5.92 Å². The molecule has 1 aromatic rings. The van der Waals surface area contributed by atoms with Gasteiger partial charge in [0.15, 0.2) is 0 Å². The number of carbonyl (C=O) groups excluding carboxylic acids is 1. The molecule has 0 aliphatic carbocycles. The zero-order valence-electron chi connectivity index (χ0n) is 15.3. The van der Waals surface area contributed by atoms with Gasteiger partial charge in [-0.1, -0.05) is 0 Å². The van der Waals surface area contributed by atoms with Gasteiger partial charge in [-0.25, -0.2) is 4.98 Å². The number of amides is 1. The molecule has 2 saturated heterocycles. The molecule has 0 saturated carbocycles. The molecular formula is C19H26F3N3O2. The number of alkyl halides is 3. The van der Waals surface area contributed by atoms with Crippen molar-refractivity contribution in [3.05, 3.63) is 23.9 Å². The topological polar surface area (TPSA) is 45.7 Å². The van der Waals surface area contributed by atoms with Gasteiger partial charge >= 0.3 is 6.18 Å². The smallest absolute Gasteiger partial charge is 0.381 e. The maximum absolute atomic E-state index is 12.7. The predicted octanol–water partition coefficient (Wildman–Crippen LogP) is 3.34. The molecule has 8 heteroatoms. The van der Waals surface area contributed by atoms with Crippen molar-refractivity contribution in [3.63, 3.8) is 0 Å². The van der Waals surface area contributed by atoms with E-state index < -0.39 is 11.7 Å². The third-order valence-corrected chi connectivity index (χ3v) is 5.51. The first-order valence-corrected chi connectivity index (χ1v) is 9.54. The molecule has 2 aliphatic heterocycles. The van der Waals surface area contributed by atoms with E-state index in [-0.39, 0.29) is 6.04 Å². The van der Waals surface area contributed by atoms with Gasteiger partial charge in [0.05, 0.1) is 5.56 Å². The summed E-state index contributed by atoms with van der Waals surface area (Å²) >= 11 is 0. The predicted molar refractivity (Wildman–Crippen MR) is 95.4 cm³/mol. The van der Waals surface area contributed by atoms with E-state index in [1.165, 1.54) is 6.07 Å². The van der Waals surface area contributed by atoms with E-state index in [1.54, 1.807) is 0 Å². The maximum Gasteiger partial charge on any atom is 0.417 e. The molecule has 0 radical (unpaired) electrons. The first-order valence-electron chi connectivity index (χ1n) is 9.54. The molecule has 3 heterocycles. The van der Waals surface area contributed by atoms with E-state index in [0.29, 0.717) is 31.5 Å². The molecule has 1 unspecified atom stereocenters. The number of rotatable bonds is 6. The Morgan fingerprint density at radius 3 is 2.67 bits per heavy atom. The van der Waals surface area contributed by atoms with Crippen LogP contribution in [0.5, 0.6) is 0 Å². The van der Waals surface area contributed by atoms with Gasteiger partial charge in [0.25, 0.3) is 0 Å². The number of nitrogens with zero attached hydrogens (tertiary/aromatic N) is 3. The fraction of sp³-hybridized carbons (Fsp3) is 0.684. The Labute approximate surface area is 157 Å². The van der Waals surface area contributed by atoms with E-state index in [1.807, 2.05) is 9.80 Å². The van der Waals surface area contributed by atoms with Crippen LogP contribution in [0.3, 0.4) is 0 Å². The highest BCUT2D eigenvalue weighted by molar-refractivity contribution is 5.47. The van der Waals surface area contributed by atoms with Crippen molar-refractivity contribution in [3.8, 4) is 0 Å². The maximum atomic E-state index is 12.7. The molecule has 5 nitrogen and oxygen atoms in total. The number of anilines is 1. The second-order valence-corrected chi connectivity index (χ2v) is 7.33. The lowest BCUT2D eigenvalue weighted by Crippen LogP contribution is -2.41. The standard InChI is InChI=1S/C19H26F3N3O2/c20-19(21,22)16-3-4-18(23-12-16)24-8-1-2-15(13-24)5-9-25(14-26)17-6-10-27-11-7-17/h3-4,12,14-15,17H,1-2,5-11,13H2. The van der Waals surface area contributed by atoms with Crippen molar-refractivity contribution in [2.75, 3.05) is 37.7 Å². The van der Waals surface area contributed by atoms with Crippen LogP contribution in [0.2, 0.25) is 0 Å². The third kappa shape index (κ3) is 5.34. The lowest BCUT2D eigenvalue weighted by Gasteiger charge is -2.36. The minimum absolute atomic E-state index is 0.257. The van der Waals surface area contributed by atoms with Crippen LogP contribution < -0.4 is 4.90 Å². The molecule has 0 bridgehead atoms. The molecule has 1 atom stereocenters. The molecule has 0 spiro atoms. The van der Waals surface area contributed by atoms with Gasteiger partial charge < -0.3 is 14.5 Å². The summed E-state index contributed by atoms with van der Waals surface area (Å²) in [6.45, 7) is 3.68. The van der Waals surface area contributed by atoms with Gasteiger partial charge in [0, 0.05) is 45.1 Å². The lowest BCUT2D eigenvalue weighted by molar-refractivity contribution is -0.137. The van der Waals surface area contributed by atoms with E-state index in [0.717, 1.165) is 63.9 Å². The Bertz CT molecular complexity index is 603. The first kappa shape index (κ1) is 19.9. The minimum atomic E-state index is -4.36. The average Bonchev–Trinajstić information content (AvgIpc) is 2.69. The molecular weight excluding hydrogens is 359 g/mol. The lowest BCUT2D eigenvalue weighted by atomic mass is 9.94. The summed E-state index contributed by atoms with van der Waals surface area (Å²) in [6, 6.07) is 2.79. The summed E-state index contributed by atoms with van der Waals surface area (Å²) in [4.78, 5) is 19.4. The summed E-state index contributed by atoms with van der Waals surface area (Å²) in [5.41, 5.74) is -0.724. The molecule has 1 aromatic heterocycles. The van der Waals surface area contributed by atoms with Crippen LogP contribution in [0.15, 0.2) is 18.3 Å². The third-order valence-electron chi connectivity index (χ3n) is 5.51. The van der Waals surface area contributed by atoms with E-state index in [4.69, 9.17) is 4.74 Å². The number of ether oxygens (including phenoxy) is 1. The molecule has 3 rings (SSSR count). The zero-order chi connectivity index (χ0) is 19.3. The quantitative estimate of drug-likeness (QED) is 0.705. The van der Waals surface area contributed by atoms with Crippen LogP contribution in [0.25, 0.3) is 0 Å². The fourth-order valence-corrected chi connectivity index (χ4v) is 3.92. The highest BCUT2D eigenvalue weighted by Gasteiger charge is 2.31. The van der Waals surface area contributed by atoms with Gasteiger partial charge in [-0.15, -0.1) is 0 Å². The Morgan fingerprint density at radius 2 is 2.04 bits per heavy atom. The summed E-state index contributed by atoms with van der Waals surface area (Å²) in [7, 11) is 0. The summed E-state index contributed by atoms with van der Waals surface area (Å²) in [5.74, 6) is 0.995. The number of pyridine rings is 1. The summed E-state index contributed by atoms with van der Waals surface area (Å²) in [6.07, 6.45) is 2.18. The van der Waals surface area contributed by atoms with Crippen LogP contribution in [-0.2, 0) is 15.7 Å². The average molecular weight is 385 g/mol. The molecule has 0 N–H and O–H groups in total. The normalized spacial score (nSPS) is 21.9. The summed E-state index contributed by atoms with van der Waals surface area (Å²) in [5, 5.41) is 0. The first-order chi connectivity index (χ1) is 13.0. The van der Waals surface area contributed by atoms with Crippen molar-refractivity contribution < 1.29 is 22.7 Å². The minimum Gasteiger partial charge on any atom is -0.381 e. The van der Waals surface area contributed by atoms with E-state index >= 15 is 0 Å². The van der Waals surface area contributed by atoms with Crippen LogP contribution in [-0.4, -0.2) is 55.2 Å². The zero-order valence-corrected chi connectivity index (χ0v) is 15.3. The SMILES string of the molecule is O=CN(CCC1CCCN(c2ccc(C(F)(F)F)cn2)C1)C1CCOCC1. The number of piperidine rings is 1. The molecule has 2 aliphatic rings. The highest BCUT2D eigenvalue weighted by atomic mass is 19.4. The Hall–Kier alpha value is -1.83. The van der Waals surface area contributed by atoms with Crippen molar-refractivity contribution in [2.45, 2.75) is 44.3 Å². The van der Waals surface area contributed by atoms with Gasteiger partial charge in [-0.2, -0.15) is 13.2 Å². The monoisotopic (exact) mass is 385 g/mol. The fourth-order valence-electron chi connectivity index (χ4n) is 3.92. The molecule has 2 fully saturated rings. The molecule has 27 heavy (non-hydrogen) atoms. The Morgan fingerprint density at radius 1 is 1.26 bits per heavy atom. The van der Waals surface area contributed by atoms with E-state index in [9.17, 15) is 18.0 Å². The largest absolute Gasteiger partial charge is 0.417 e. The van der Waals surface area contributed by atoms with Crippen LogP contribution in [0.4, 0.5) is 19.0 Å². The van der Waals surface area contributed by atoms with Crippen molar-refractivity contribution >= 4 is 12.2 Å². The van der Waals surface area contributed by atoms with Gasteiger partial charge in [-0.05, 0) is 50.2 Å². The van der Waals surface area contributed by atoms with Gasteiger partial charge in [0.2, 0.25) is 6.41 Å². The van der Waals surface area contributed by atoms with Crippen LogP contribution in [0.1, 0.15) is 37.7 Å². The Balaban J connectivity index is 1.53. The van der Waals surface area contributed by atoms with Crippen molar-refractivity contribution in [1.82, 2.24) is 9.88 Å². The highest BCUT2D eigenvalue weighted by Crippen LogP contribution is 2.30. The molecule has 1 amide bonds. The number of hydrogen-bond donors (Lipinski definition) is 0. The summed E-state index contributed by atoms with van der Waals surface area (Å²) < 4.78 is 43.4. The van der Waals surface area contributed by atoms with Gasteiger partial charge in [0.1, 0.15) is 5.82 Å². The number of hydrogen-bond acceptors (Lipinski definition) is 4.